The van der Waals surface area contributed by atoms with E-state index in [-0.39, 0.29) is 0 Å². The summed E-state index contributed by atoms with van der Waals surface area (Å²) >= 11 is 0. The van der Waals surface area contributed by atoms with Crippen molar-refractivity contribution in [2.45, 2.75) is 12.8 Å². The van der Waals surface area contributed by atoms with Crippen molar-refractivity contribution in [3.05, 3.63) is 11.5 Å². The molecule has 0 heterocycles. The maximum absolute atomic E-state index is 8.13. The standard InChI is InChI=1S/C4H6O2/c5-4(6)3-1-2-3/h5-6H,1-2H2. The van der Waals surface area contributed by atoms with Gasteiger partial charge in [-0.15, -0.1) is 0 Å². The predicted octanol–water partition coefficient (Wildman–Crippen LogP) is 1.11. The fourth-order valence-corrected chi connectivity index (χ4v) is 0.286. The maximum Gasteiger partial charge on any atom is 0.273 e. The maximum atomic E-state index is 8.13. The van der Waals surface area contributed by atoms with Gasteiger partial charge in [0.25, 0.3) is 5.95 Å². The number of rotatable bonds is 0. The molecule has 0 bridgehead atoms. The topological polar surface area (TPSA) is 40.5 Å². The monoisotopic (exact) mass is 86.0 g/mol. The van der Waals surface area contributed by atoms with Crippen molar-refractivity contribution >= 4 is 0 Å². The summed E-state index contributed by atoms with van der Waals surface area (Å²) in [5, 5.41) is 16.3. The molecule has 0 aliphatic heterocycles. The van der Waals surface area contributed by atoms with Gasteiger partial charge in [-0.05, 0) is 12.8 Å². The first-order chi connectivity index (χ1) is 2.80. The Morgan fingerprint density at radius 3 is 1.83 bits per heavy atom. The van der Waals surface area contributed by atoms with Crippen molar-refractivity contribution in [1.29, 1.82) is 0 Å². The Morgan fingerprint density at radius 2 is 1.83 bits per heavy atom. The van der Waals surface area contributed by atoms with Crippen LogP contribution in [-0.4, -0.2) is 10.2 Å². The van der Waals surface area contributed by atoms with Crippen LogP contribution in [0.3, 0.4) is 0 Å². The van der Waals surface area contributed by atoms with E-state index in [2.05, 4.69) is 0 Å². The van der Waals surface area contributed by atoms with Crippen molar-refractivity contribution in [2.75, 3.05) is 0 Å². The summed E-state index contributed by atoms with van der Waals surface area (Å²) in [5.41, 5.74) is 0.787. The van der Waals surface area contributed by atoms with Gasteiger partial charge >= 0.3 is 0 Å². The molecule has 2 heteroatoms. The molecule has 0 radical (unpaired) electrons. The average Bonchev–Trinajstić information content (AvgIpc) is 2.06. The second-order valence-corrected chi connectivity index (χ2v) is 1.43. The van der Waals surface area contributed by atoms with Crippen molar-refractivity contribution in [1.82, 2.24) is 0 Å². The van der Waals surface area contributed by atoms with Gasteiger partial charge < -0.3 is 10.2 Å². The Labute approximate surface area is 35.7 Å². The zero-order chi connectivity index (χ0) is 4.57. The highest BCUT2D eigenvalue weighted by Crippen LogP contribution is 2.28. The Bertz CT molecular complexity index is 83.7. The molecule has 0 amide bonds. The summed E-state index contributed by atoms with van der Waals surface area (Å²) in [6, 6.07) is 0. The number of aliphatic hydroxyl groups excluding tert-OH is 1. The van der Waals surface area contributed by atoms with Crippen LogP contribution in [0.15, 0.2) is 11.5 Å². The first kappa shape index (κ1) is 3.53. The van der Waals surface area contributed by atoms with Crippen LogP contribution >= 0.6 is 0 Å². The van der Waals surface area contributed by atoms with Gasteiger partial charge in [0.05, 0.1) is 0 Å². The second kappa shape index (κ2) is 0.899. The van der Waals surface area contributed by atoms with Gasteiger partial charge in [0.15, 0.2) is 0 Å². The van der Waals surface area contributed by atoms with Crippen molar-refractivity contribution in [3.8, 4) is 0 Å². The zero-order valence-corrected chi connectivity index (χ0v) is 3.31. The fraction of sp³-hybridized carbons (Fsp3) is 0.500. The first-order valence-corrected chi connectivity index (χ1v) is 1.90. The van der Waals surface area contributed by atoms with Gasteiger partial charge in [0, 0.05) is 5.57 Å². The SMILES string of the molecule is OC(O)=C1CC1. The minimum atomic E-state index is -0.463. The molecule has 0 unspecified atom stereocenters. The lowest BCUT2D eigenvalue weighted by Gasteiger charge is -1.76. The van der Waals surface area contributed by atoms with E-state index in [0.717, 1.165) is 18.4 Å². The van der Waals surface area contributed by atoms with E-state index in [1.54, 1.807) is 0 Å². The summed E-state index contributed by atoms with van der Waals surface area (Å²) in [5.74, 6) is -0.463. The summed E-state index contributed by atoms with van der Waals surface area (Å²) in [6.45, 7) is 0. The lowest BCUT2D eigenvalue weighted by atomic mass is 10.7. The molecule has 1 rings (SSSR count). The third kappa shape index (κ3) is 0.455. The van der Waals surface area contributed by atoms with Crippen molar-refractivity contribution in [3.63, 3.8) is 0 Å². The van der Waals surface area contributed by atoms with Crippen LogP contribution < -0.4 is 0 Å². The minimum absolute atomic E-state index is 0.463. The van der Waals surface area contributed by atoms with Gasteiger partial charge in [-0.1, -0.05) is 0 Å². The number of hydrogen-bond acceptors (Lipinski definition) is 2. The molecule has 0 saturated heterocycles. The molecule has 0 spiro atoms. The highest BCUT2D eigenvalue weighted by atomic mass is 16.5. The van der Waals surface area contributed by atoms with Gasteiger partial charge in [0.1, 0.15) is 0 Å². The van der Waals surface area contributed by atoms with Crippen LogP contribution in [0.4, 0.5) is 0 Å². The highest BCUT2D eigenvalue weighted by Gasteiger charge is 2.16. The minimum Gasteiger partial charge on any atom is -0.481 e. The number of hydrogen-bond donors (Lipinski definition) is 2. The van der Waals surface area contributed by atoms with Crippen LogP contribution in [0, 0.1) is 0 Å². The van der Waals surface area contributed by atoms with Crippen LogP contribution in [0.5, 0.6) is 0 Å². The molecular formula is C4H6O2. The summed E-state index contributed by atoms with van der Waals surface area (Å²) in [4.78, 5) is 0. The molecule has 0 aromatic carbocycles. The molecule has 0 atom stereocenters. The molecule has 1 aliphatic rings. The molecule has 34 valence electrons. The van der Waals surface area contributed by atoms with Crippen LogP contribution in [0.1, 0.15) is 12.8 Å². The molecule has 1 saturated carbocycles. The van der Waals surface area contributed by atoms with Gasteiger partial charge in [0.2, 0.25) is 0 Å². The van der Waals surface area contributed by atoms with Crippen LogP contribution in [0.25, 0.3) is 0 Å². The van der Waals surface area contributed by atoms with Crippen molar-refractivity contribution in [2.24, 2.45) is 0 Å². The summed E-state index contributed by atoms with van der Waals surface area (Å²) in [7, 11) is 0. The van der Waals surface area contributed by atoms with E-state index in [1.807, 2.05) is 0 Å². The third-order valence-corrected chi connectivity index (χ3v) is 0.816. The fourth-order valence-electron chi connectivity index (χ4n) is 0.286. The second-order valence-electron chi connectivity index (χ2n) is 1.43. The largest absolute Gasteiger partial charge is 0.481 e. The highest BCUT2D eigenvalue weighted by molar-refractivity contribution is 5.15. The third-order valence-electron chi connectivity index (χ3n) is 0.816. The average molecular weight is 86.1 g/mol. The molecule has 2 nitrogen and oxygen atoms in total. The molecular weight excluding hydrogens is 80.0 g/mol. The normalized spacial score (nSPS) is 17.7. The zero-order valence-electron chi connectivity index (χ0n) is 3.31. The number of aliphatic hydroxyl groups is 2. The van der Waals surface area contributed by atoms with E-state index in [9.17, 15) is 0 Å². The van der Waals surface area contributed by atoms with Crippen LogP contribution in [0.2, 0.25) is 0 Å². The number of allylic oxidation sites excluding steroid dienone is 1. The van der Waals surface area contributed by atoms with Gasteiger partial charge in [-0.25, -0.2) is 0 Å². The lowest BCUT2D eigenvalue weighted by molar-refractivity contribution is 0.188. The van der Waals surface area contributed by atoms with Gasteiger partial charge in [-0.3, -0.25) is 0 Å². The van der Waals surface area contributed by atoms with E-state index >= 15 is 0 Å². The summed E-state index contributed by atoms with van der Waals surface area (Å²) < 4.78 is 0. The van der Waals surface area contributed by atoms with E-state index in [4.69, 9.17) is 10.2 Å². The Balaban J connectivity index is 2.61. The Kier molecular flexibility index (Phi) is 0.528. The molecule has 1 aliphatic carbocycles. The van der Waals surface area contributed by atoms with Crippen LogP contribution in [-0.2, 0) is 0 Å². The quantitative estimate of drug-likeness (QED) is 0.433. The molecule has 0 aromatic rings. The predicted molar refractivity (Wildman–Crippen MR) is 21.5 cm³/mol. The summed E-state index contributed by atoms with van der Waals surface area (Å²) in [6.07, 6.45) is 1.75. The smallest absolute Gasteiger partial charge is 0.273 e. The molecule has 1 fully saturated rings. The first-order valence-electron chi connectivity index (χ1n) is 1.90. The van der Waals surface area contributed by atoms with Gasteiger partial charge in [-0.2, -0.15) is 0 Å². The van der Waals surface area contributed by atoms with E-state index < -0.39 is 5.95 Å². The molecule has 0 aromatic heterocycles. The van der Waals surface area contributed by atoms with E-state index in [0.29, 0.717) is 0 Å². The Morgan fingerprint density at radius 1 is 1.33 bits per heavy atom. The Hall–Kier alpha value is -0.660. The molecule has 6 heavy (non-hydrogen) atoms. The lowest BCUT2D eigenvalue weighted by Crippen LogP contribution is -1.70. The molecule has 2 N–H and O–H groups in total. The van der Waals surface area contributed by atoms with Crippen molar-refractivity contribution < 1.29 is 10.2 Å². The van der Waals surface area contributed by atoms with E-state index in [1.165, 1.54) is 0 Å².